The molecule has 1 aliphatic carbocycles. The van der Waals surface area contributed by atoms with Crippen LogP contribution in [0.5, 0.6) is 0 Å². The SMILES string of the molecule is CN(CCNC(=O)[C@H]1CCCN(c2nnc(-n3cccc3)s2)C1)C1CCCCC1. The highest BCUT2D eigenvalue weighted by atomic mass is 32.1. The second-order valence-electron chi connectivity index (χ2n) is 8.31. The third-order valence-electron chi connectivity index (χ3n) is 6.25. The summed E-state index contributed by atoms with van der Waals surface area (Å²) in [4.78, 5) is 17.4. The Morgan fingerprint density at radius 2 is 1.90 bits per heavy atom. The van der Waals surface area contributed by atoms with E-state index in [1.165, 1.54) is 32.1 Å². The van der Waals surface area contributed by atoms with Gasteiger partial charge in [0.15, 0.2) is 0 Å². The average molecular weight is 417 g/mol. The molecular formula is C21H32N6OS. The lowest BCUT2D eigenvalue weighted by Gasteiger charge is -2.32. The molecule has 1 atom stereocenters. The van der Waals surface area contributed by atoms with Gasteiger partial charge in [0.25, 0.3) is 0 Å². The Kier molecular flexibility index (Phi) is 6.82. The fourth-order valence-electron chi connectivity index (χ4n) is 4.47. The molecule has 0 bridgehead atoms. The van der Waals surface area contributed by atoms with Crippen LogP contribution in [-0.2, 0) is 4.79 Å². The molecule has 1 saturated heterocycles. The van der Waals surface area contributed by atoms with Gasteiger partial charge < -0.3 is 15.1 Å². The first-order valence-corrected chi connectivity index (χ1v) is 11.7. The van der Waals surface area contributed by atoms with Gasteiger partial charge in [-0.15, -0.1) is 10.2 Å². The zero-order valence-electron chi connectivity index (χ0n) is 17.3. The minimum absolute atomic E-state index is 0.0302. The minimum Gasteiger partial charge on any atom is -0.355 e. The molecule has 8 heteroatoms. The summed E-state index contributed by atoms with van der Waals surface area (Å²) in [5.74, 6) is 0.213. The van der Waals surface area contributed by atoms with E-state index in [0.717, 1.165) is 49.3 Å². The number of rotatable bonds is 7. The maximum atomic E-state index is 12.7. The Labute approximate surface area is 177 Å². The van der Waals surface area contributed by atoms with Crippen molar-refractivity contribution in [3.05, 3.63) is 24.5 Å². The van der Waals surface area contributed by atoms with Gasteiger partial charge in [-0.2, -0.15) is 0 Å². The van der Waals surface area contributed by atoms with Crippen molar-refractivity contribution < 1.29 is 4.79 Å². The van der Waals surface area contributed by atoms with E-state index >= 15 is 0 Å². The average Bonchev–Trinajstić information content (AvgIpc) is 3.46. The van der Waals surface area contributed by atoms with E-state index in [-0.39, 0.29) is 11.8 Å². The van der Waals surface area contributed by atoms with Crippen molar-refractivity contribution in [2.24, 2.45) is 5.92 Å². The van der Waals surface area contributed by atoms with Crippen LogP contribution in [0.1, 0.15) is 44.9 Å². The van der Waals surface area contributed by atoms with Crippen molar-refractivity contribution in [2.75, 3.05) is 38.1 Å². The van der Waals surface area contributed by atoms with Gasteiger partial charge in [0.2, 0.25) is 16.2 Å². The number of hydrogen-bond acceptors (Lipinski definition) is 6. The molecule has 1 aliphatic heterocycles. The van der Waals surface area contributed by atoms with Gasteiger partial charge in [-0.25, -0.2) is 0 Å². The molecule has 4 rings (SSSR count). The highest BCUT2D eigenvalue weighted by Gasteiger charge is 2.28. The second-order valence-corrected chi connectivity index (χ2v) is 9.24. The summed E-state index contributed by atoms with van der Waals surface area (Å²) in [6, 6.07) is 4.65. The normalized spacial score (nSPS) is 20.9. The first kappa shape index (κ1) is 20.3. The lowest BCUT2D eigenvalue weighted by molar-refractivity contribution is -0.125. The van der Waals surface area contributed by atoms with Crippen molar-refractivity contribution >= 4 is 22.4 Å². The summed E-state index contributed by atoms with van der Waals surface area (Å²) in [7, 11) is 2.20. The van der Waals surface area contributed by atoms with Crippen LogP contribution in [-0.4, -0.2) is 64.8 Å². The van der Waals surface area contributed by atoms with Gasteiger partial charge in [0, 0.05) is 44.6 Å². The van der Waals surface area contributed by atoms with Crippen LogP contribution in [0.2, 0.25) is 0 Å². The Bertz CT molecular complexity index is 770. The molecule has 2 fully saturated rings. The van der Waals surface area contributed by atoms with Crippen molar-refractivity contribution in [3.8, 4) is 5.13 Å². The number of likely N-dealkylation sites (N-methyl/N-ethyl adjacent to an activating group) is 1. The number of anilines is 1. The topological polar surface area (TPSA) is 66.3 Å². The number of nitrogens with zero attached hydrogens (tertiary/aromatic N) is 5. The maximum Gasteiger partial charge on any atom is 0.224 e. The molecule has 1 amide bonds. The third kappa shape index (κ3) is 5.17. The molecule has 29 heavy (non-hydrogen) atoms. The zero-order valence-corrected chi connectivity index (χ0v) is 18.1. The van der Waals surface area contributed by atoms with Crippen LogP contribution >= 0.6 is 11.3 Å². The summed E-state index contributed by atoms with van der Waals surface area (Å²) in [5.41, 5.74) is 0. The predicted octanol–water partition coefficient (Wildman–Crippen LogP) is 2.93. The van der Waals surface area contributed by atoms with Gasteiger partial charge >= 0.3 is 0 Å². The number of carbonyl (C=O) groups is 1. The minimum atomic E-state index is 0.0302. The molecule has 2 aromatic heterocycles. The van der Waals surface area contributed by atoms with Crippen molar-refractivity contribution in [3.63, 3.8) is 0 Å². The molecule has 1 saturated carbocycles. The van der Waals surface area contributed by atoms with Gasteiger partial charge in [0.1, 0.15) is 0 Å². The van der Waals surface area contributed by atoms with Crippen molar-refractivity contribution in [1.29, 1.82) is 0 Å². The van der Waals surface area contributed by atoms with Gasteiger partial charge in [-0.05, 0) is 44.9 Å². The number of amides is 1. The molecule has 0 aromatic carbocycles. The predicted molar refractivity (Wildman–Crippen MR) is 117 cm³/mol. The highest BCUT2D eigenvalue weighted by Crippen LogP contribution is 2.28. The quantitative estimate of drug-likeness (QED) is 0.752. The molecule has 1 N–H and O–H groups in total. The van der Waals surface area contributed by atoms with E-state index in [9.17, 15) is 4.79 Å². The van der Waals surface area contributed by atoms with E-state index in [1.807, 2.05) is 29.1 Å². The fraction of sp³-hybridized carbons (Fsp3) is 0.667. The Balaban J connectivity index is 1.25. The summed E-state index contributed by atoms with van der Waals surface area (Å²) < 4.78 is 1.97. The maximum absolute atomic E-state index is 12.7. The molecule has 0 spiro atoms. The van der Waals surface area contributed by atoms with Crippen LogP contribution in [0.3, 0.4) is 0 Å². The first-order valence-electron chi connectivity index (χ1n) is 10.9. The monoisotopic (exact) mass is 416 g/mol. The molecule has 3 heterocycles. The summed E-state index contributed by atoms with van der Waals surface area (Å²) in [5, 5.41) is 13.6. The first-order chi connectivity index (χ1) is 14.2. The van der Waals surface area contributed by atoms with Crippen LogP contribution in [0, 0.1) is 5.92 Å². The summed E-state index contributed by atoms with van der Waals surface area (Å²) in [6.45, 7) is 3.33. The molecule has 2 aliphatic rings. The van der Waals surface area contributed by atoms with Crippen LogP contribution in [0.25, 0.3) is 5.13 Å². The number of nitrogens with one attached hydrogen (secondary N) is 1. The van der Waals surface area contributed by atoms with E-state index in [1.54, 1.807) is 11.3 Å². The third-order valence-corrected chi connectivity index (χ3v) is 7.25. The van der Waals surface area contributed by atoms with Crippen molar-refractivity contribution in [2.45, 2.75) is 51.0 Å². The lowest BCUT2D eigenvalue weighted by Crippen LogP contribution is -2.45. The number of aromatic nitrogens is 3. The van der Waals surface area contributed by atoms with E-state index in [0.29, 0.717) is 6.04 Å². The zero-order chi connectivity index (χ0) is 20.1. The number of piperidine rings is 1. The van der Waals surface area contributed by atoms with Gasteiger partial charge in [0.05, 0.1) is 5.92 Å². The molecule has 7 nitrogen and oxygen atoms in total. The van der Waals surface area contributed by atoms with Gasteiger partial charge in [-0.1, -0.05) is 30.6 Å². The molecular weight excluding hydrogens is 384 g/mol. The van der Waals surface area contributed by atoms with Crippen molar-refractivity contribution in [1.82, 2.24) is 25.0 Å². The molecule has 0 radical (unpaired) electrons. The second kappa shape index (κ2) is 9.71. The van der Waals surface area contributed by atoms with E-state index in [2.05, 4.69) is 32.4 Å². The van der Waals surface area contributed by atoms with E-state index in [4.69, 9.17) is 0 Å². The smallest absolute Gasteiger partial charge is 0.224 e. The van der Waals surface area contributed by atoms with Crippen LogP contribution in [0.15, 0.2) is 24.5 Å². The lowest BCUT2D eigenvalue weighted by atomic mass is 9.94. The highest BCUT2D eigenvalue weighted by molar-refractivity contribution is 7.17. The number of hydrogen-bond donors (Lipinski definition) is 1. The molecule has 2 aromatic rings. The summed E-state index contributed by atoms with van der Waals surface area (Å²) >= 11 is 1.58. The Morgan fingerprint density at radius 1 is 1.14 bits per heavy atom. The standard InChI is InChI=1S/C21H32N6OS/c1-25(18-9-3-2-4-10-18)15-11-22-19(28)17-8-7-14-27(16-17)21-24-23-20(29-21)26-12-5-6-13-26/h5-6,12-13,17-18H,2-4,7-11,14-16H2,1H3,(H,22,28)/t17-/m0/s1. The van der Waals surface area contributed by atoms with Crippen LogP contribution < -0.4 is 10.2 Å². The van der Waals surface area contributed by atoms with E-state index < -0.39 is 0 Å². The largest absolute Gasteiger partial charge is 0.355 e. The Hall–Kier alpha value is -1.93. The number of carbonyl (C=O) groups excluding carboxylic acids is 1. The van der Waals surface area contributed by atoms with Crippen LogP contribution in [0.4, 0.5) is 5.13 Å². The fourth-order valence-corrected chi connectivity index (χ4v) is 5.32. The molecule has 0 unspecified atom stereocenters. The Morgan fingerprint density at radius 3 is 2.69 bits per heavy atom. The molecule has 158 valence electrons. The van der Waals surface area contributed by atoms with Gasteiger partial charge in [-0.3, -0.25) is 9.36 Å². The summed E-state index contributed by atoms with van der Waals surface area (Å²) in [6.07, 6.45) is 12.6.